The third-order valence-electron chi connectivity index (χ3n) is 6.26. The van der Waals surface area contributed by atoms with Crippen molar-refractivity contribution in [2.45, 2.75) is 39.3 Å². The summed E-state index contributed by atoms with van der Waals surface area (Å²) in [5, 5.41) is 7.01. The van der Waals surface area contributed by atoms with E-state index in [1.54, 1.807) is 4.90 Å². The fourth-order valence-electron chi connectivity index (χ4n) is 4.31. The number of likely N-dealkylation sites (tertiary alicyclic amines) is 1. The molecule has 1 saturated heterocycles. The molecule has 0 saturated carbocycles. The van der Waals surface area contributed by atoms with Gasteiger partial charge in [0.25, 0.3) is 0 Å². The molecule has 4 amide bonds. The second-order valence-electron chi connectivity index (χ2n) is 9.16. The summed E-state index contributed by atoms with van der Waals surface area (Å²) in [4.78, 5) is 47.2. The summed E-state index contributed by atoms with van der Waals surface area (Å²) >= 11 is 3.53. The smallest absolute Gasteiger partial charge is 0.246 e. The molecule has 9 nitrogen and oxygen atoms in total. The van der Waals surface area contributed by atoms with E-state index in [1.165, 1.54) is 6.08 Å². The lowest BCUT2D eigenvalue weighted by Crippen LogP contribution is -2.61. The van der Waals surface area contributed by atoms with Crippen LogP contribution in [0.25, 0.3) is 10.9 Å². The highest BCUT2D eigenvalue weighted by molar-refractivity contribution is 9.10. The molecule has 1 fully saturated rings. The first-order valence-electron chi connectivity index (χ1n) is 12.2. The van der Waals surface area contributed by atoms with Crippen LogP contribution in [0.5, 0.6) is 0 Å². The molecule has 0 atom stereocenters. The zero-order chi connectivity index (χ0) is 27.8. The topological polar surface area (TPSA) is 127 Å². The zero-order valence-electron chi connectivity index (χ0n) is 21.5. The molecule has 1 aromatic heterocycles. The van der Waals surface area contributed by atoms with Crippen LogP contribution >= 0.6 is 15.9 Å². The Morgan fingerprint density at radius 2 is 1.84 bits per heavy atom. The maximum atomic E-state index is 12.7. The monoisotopic (exact) mass is 581 g/mol. The number of carbonyl (C=O) groups is 4. The molecular formula is C28H32BrN5O4. The van der Waals surface area contributed by atoms with Crippen molar-refractivity contribution < 1.29 is 19.2 Å². The number of carbonyl (C=O) groups excluding carboxylic acids is 4. The molecule has 38 heavy (non-hydrogen) atoms. The van der Waals surface area contributed by atoms with Gasteiger partial charge in [0.05, 0.1) is 6.04 Å². The quantitative estimate of drug-likeness (QED) is 0.279. The number of benzene rings is 2. The van der Waals surface area contributed by atoms with E-state index < -0.39 is 0 Å². The molecule has 200 valence electrons. The van der Waals surface area contributed by atoms with Crippen LogP contribution in [-0.2, 0) is 32.1 Å². The maximum Gasteiger partial charge on any atom is 0.246 e. The van der Waals surface area contributed by atoms with Gasteiger partial charge >= 0.3 is 0 Å². The predicted molar refractivity (Wildman–Crippen MR) is 151 cm³/mol. The molecule has 0 bridgehead atoms. The van der Waals surface area contributed by atoms with Crippen LogP contribution in [0.15, 0.2) is 59.7 Å². The number of hydrogen-bond acceptors (Lipinski definition) is 4. The van der Waals surface area contributed by atoms with E-state index in [2.05, 4.69) is 38.9 Å². The van der Waals surface area contributed by atoms with Crippen molar-refractivity contribution in [1.29, 1.82) is 0 Å². The summed E-state index contributed by atoms with van der Waals surface area (Å²) in [6.45, 7) is 8.62. The molecule has 2 heterocycles. The molecule has 4 N–H and O–H groups in total. The summed E-state index contributed by atoms with van der Waals surface area (Å²) < 4.78 is 2.86. The first-order valence-corrected chi connectivity index (χ1v) is 12.9. The van der Waals surface area contributed by atoms with Gasteiger partial charge in [0.1, 0.15) is 6.54 Å². The average Bonchev–Trinajstić information content (AvgIpc) is 3.18. The molecule has 3 aromatic rings. The third-order valence-corrected chi connectivity index (χ3v) is 6.75. The first kappa shape index (κ1) is 28.6. The average molecular weight is 582 g/mol. The summed E-state index contributed by atoms with van der Waals surface area (Å²) in [6, 6.07) is 11.9. The van der Waals surface area contributed by atoms with Crippen LogP contribution < -0.4 is 16.4 Å². The van der Waals surface area contributed by atoms with Crippen molar-refractivity contribution in [3.8, 4) is 0 Å². The minimum atomic E-state index is -0.122. The Hall–Kier alpha value is -3.92. The number of rotatable bonds is 8. The van der Waals surface area contributed by atoms with Gasteiger partial charge in [0, 0.05) is 46.8 Å². The van der Waals surface area contributed by atoms with Gasteiger partial charge in [-0.15, -0.1) is 0 Å². The van der Waals surface area contributed by atoms with Crippen LogP contribution in [0.2, 0.25) is 0 Å². The number of aromatic nitrogens is 1. The normalized spacial score (nSPS) is 12.7. The van der Waals surface area contributed by atoms with Crippen molar-refractivity contribution in [2.24, 2.45) is 5.73 Å². The van der Waals surface area contributed by atoms with Crippen molar-refractivity contribution >= 4 is 56.7 Å². The number of nitrogens with one attached hydrogen (secondary N) is 2. The number of hydrogen-bond donors (Lipinski definition) is 3. The van der Waals surface area contributed by atoms with Crippen LogP contribution in [0.4, 0.5) is 5.69 Å². The minimum absolute atomic E-state index is 0.0454. The molecule has 10 heteroatoms. The second-order valence-corrected chi connectivity index (χ2v) is 10.1. The van der Waals surface area contributed by atoms with Gasteiger partial charge in [-0.2, -0.15) is 0 Å². The van der Waals surface area contributed by atoms with Gasteiger partial charge in [-0.25, -0.2) is 0 Å². The third kappa shape index (κ3) is 7.32. The van der Waals surface area contributed by atoms with Gasteiger partial charge in [0.2, 0.25) is 24.1 Å². The Bertz CT molecular complexity index is 1360. The van der Waals surface area contributed by atoms with Crippen molar-refractivity contribution in [2.75, 3.05) is 18.4 Å². The fraction of sp³-hybridized carbons (Fsp3) is 0.286. The van der Waals surface area contributed by atoms with Crippen LogP contribution in [0.3, 0.4) is 0 Å². The van der Waals surface area contributed by atoms with Gasteiger partial charge in [0.15, 0.2) is 0 Å². The van der Waals surface area contributed by atoms with E-state index in [9.17, 15) is 14.4 Å². The molecule has 1 aliphatic rings. The number of amides is 4. The highest BCUT2D eigenvalue weighted by Crippen LogP contribution is 2.27. The Morgan fingerprint density at radius 1 is 1.13 bits per heavy atom. The van der Waals surface area contributed by atoms with E-state index in [-0.39, 0.29) is 36.7 Å². The summed E-state index contributed by atoms with van der Waals surface area (Å²) in [5.74, 6) is -0.278. The summed E-state index contributed by atoms with van der Waals surface area (Å²) in [7, 11) is 0. The lowest BCUT2D eigenvalue weighted by atomic mass is 10.1. The molecule has 0 spiro atoms. The second kappa shape index (κ2) is 13.0. The lowest BCUT2D eigenvalue weighted by Gasteiger charge is -2.38. The van der Waals surface area contributed by atoms with E-state index in [1.807, 2.05) is 61.0 Å². The van der Waals surface area contributed by atoms with E-state index in [4.69, 9.17) is 4.79 Å². The summed E-state index contributed by atoms with van der Waals surface area (Å²) in [6.07, 6.45) is 4.38. The largest absolute Gasteiger partial charge is 0.372 e. The van der Waals surface area contributed by atoms with Crippen LogP contribution in [-0.4, -0.2) is 52.7 Å². The first-order chi connectivity index (χ1) is 18.1. The molecule has 0 aliphatic carbocycles. The van der Waals surface area contributed by atoms with Crippen molar-refractivity contribution in [1.82, 2.24) is 14.8 Å². The van der Waals surface area contributed by atoms with E-state index in [0.717, 1.165) is 37.8 Å². The number of anilines is 1. The molecule has 0 radical (unpaired) electrons. The Labute approximate surface area is 230 Å². The number of halogens is 1. The van der Waals surface area contributed by atoms with E-state index in [0.29, 0.717) is 25.9 Å². The molecular weight excluding hydrogens is 550 g/mol. The Morgan fingerprint density at radius 3 is 2.53 bits per heavy atom. The van der Waals surface area contributed by atoms with Gasteiger partial charge in [-0.3, -0.25) is 19.2 Å². The Kier molecular flexibility index (Phi) is 9.84. The van der Waals surface area contributed by atoms with Gasteiger partial charge in [-0.1, -0.05) is 34.6 Å². The zero-order valence-corrected chi connectivity index (χ0v) is 23.1. The molecule has 4 rings (SSSR count). The number of nitrogens with two attached hydrogens (primary N) is 1. The van der Waals surface area contributed by atoms with E-state index >= 15 is 0 Å². The van der Waals surface area contributed by atoms with Gasteiger partial charge in [-0.05, 0) is 67.3 Å². The minimum Gasteiger partial charge on any atom is -0.372 e. The predicted octanol–water partition coefficient (Wildman–Crippen LogP) is 3.21. The standard InChI is InChI=1S/C27H29BrN4O3.CH3NO/c1-4-27(35)32-14-21(15-32)29-26(34)16-31-13-19(22-12-20(28)8-9-24(22)31)7-10-25(33)30-23-11-17(2)5-6-18(23)3;2-1-3/h4-6,8-9,11-13,21H,1,7,10,14-16H2,2-3H3,(H,29,34)(H,30,33);1H,(H2,2,3). The highest BCUT2D eigenvalue weighted by Gasteiger charge is 2.30. The lowest BCUT2D eigenvalue weighted by molar-refractivity contribution is -0.133. The fourth-order valence-corrected chi connectivity index (χ4v) is 4.67. The van der Waals surface area contributed by atoms with Crippen LogP contribution in [0.1, 0.15) is 23.1 Å². The summed E-state index contributed by atoms with van der Waals surface area (Å²) in [5.41, 5.74) is 9.07. The van der Waals surface area contributed by atoms with Gasteiger partial charge < -0.3 is 25.8 Å². The molecule has 2 aromatic carbocycles. The number of fused-ring (bicyclic) bond motifs is 1. The highest BCUT2D eigenvalue weighted by atomic mass is 79.9. The van der Waals surface area contributed by atoms with Crippen molar-refractivity contribution in [3.05, 3.63) is 76.4 Å². The molecule has 0 unspecified atom stereocenters. The SMILES string of the molecule is C=CC(=O)N1CC(NC(=O)Cn2cc(CCC(=O)Nc3cc(C)ccc3C)c3cc(Br)ccc32)C1.NC=O. The van der Waals surface area contributed by atoms with Crippen LogP contribution in [0, 0.1) is 13.8 Å². The van der Waals surface area contributed by atoms with Crippen molar-refractivity contribution in [3.63, 3.8) is 0 Å². The Balaban J connectivity index is 0.00000127. The number of aryl methyl sites for hydroxylation is 3. The number of nitrogens with zero attached hydrogens (tertiary/aromatic N) is 2. The maximum absolute atomic E-state index is 12.7. The molecule has 1 aliphatic heterocycles. The number of primary amides is 1.